The van der Waals surface area contributed by atoms with Crippen LogP contribution in [0.4, 0.5) is 0 Å². The quantitative estimate of drug-likeness (QED) is 0.694. The fourth-order valence-electron chi connectivity index (χ4n) is 1.00. The molecule has 0 radical (unpaired) electrons. The monoisotopic (exact) mass is 182 g/mol. The van der Waals surface area contributed by atoms with Crippen molar-refractivity contribution >= 4 is 5.97 Å². The lowest BCUT2D eigenvalue weighted by Gasteiger charge is -1.97. The molecule has 0 fully saturated rings. The molecule has 5 heteroatoms. The molecular formula is C8H10N2O3. The summed E-state index contributed by atoms with van der Waals surface area (Å²) in [5.41, 5.74) is 0.275. The summed E-state index contributed by atoms with van der Waals surface area (Å²) in [5, 5.41) is 8.40. The summed E-state index contributed by atoms with van der Waals surface area (Å²) in [6.45, 7) is 1.66. The van der Waals surface area contributed by atoms with Crippen LogP contribution in [0.5, 0.6) is 0 Å². The fraction of sp³-hybridized carbons (Fsp3) is 0.375. The summed E-state index contributed by atoms with van der Waals surface area (Å²) < 4.78 is 0. The second kappa shape index (κ2) is 3.84. The van der Waals surface area contributed by atoms with Gasteiger partial charge in [0, 0.05) is 18.2 Å². The lowest BCUT2D eigenvalue weighted by atomic mass is 10.2. The van der Waals surface area contributed by atoms with Crippen molar-refractivity contribution in [2.75, 3.05) is 0 Å². The standard InChI is InChI=1S/C8H10N2O3/c1-5-9-6(2-3-8(12)13)4-7(11)10-5/h4H,2-3H2,1H3,(H,12,13)(H,9,10,11). The van der Waals surface area contributed by atoms with E-state index < -0.39 is 5.97 Å². The topological polar surface area (TPSA) is 83.0 Å². The third-order valence-corrected chi connectivity index (χ3v) is 1.51. The van der Waals surface area contributed by atoms with E-state index in [1.807, 2.05) is 0 Å². The van der Waals surface area contributed by atoms with E-state index in [0.717, 1.165) is 0 Å². The van der Waals surface area contributed by atoms with Gasteiger partial charge in [0.2, 0.25) is 0 Å². The zero-order chi connectivity index (χ0) is 9.84. The number of aromatic nitrogens is 2. The molecule has 1 aromatic heterocycles. The number of hydrogen-bond donors (Lipinski definition) is 2. The average Bonchev–Trinajstić information content (AvgIpc) is 1.99. The number of nitrogens with zero attached hydrogens (tertiary/aromatic N) is 1. The minimum Gasteiger partial charge on any atom is -0.481 e. The van der Waals surface area contributed by atoms with Gasteiger partial charge in [0.05, 0.1) is 6.42 Å². The van der Waals surface area contributed by atoms with Crippen LogP contribution in [-0.4, -0.2) is 21.0 Å². The average molecular weight is 182 g/mol. The summed E-state index contributed by atoms with van der Waals surface area (Å²) in [5.74, 6) is -0.382. The van der Waals surface area contributed by atoms with Crippen LogP contribution in [0.3, 0.4) is 0 Å². The molecule has 0 saturated carbocycles. The molecule has 0 aliphatic heterocycles. The molecular weight excluding hydrogens is 172 g/mol. The Bertz CT molecular complexity index is 370. The molecule has 0 spiro atoms. The first-order valence-corrected chi connectivity index (χ1v) is 3.86. The molecule has 70 valence electrons. The molecule has 0 bridgehead atoms. The zero-order valence-electron chi connectivity index (χ0n) is 7.20. The summed E-state index contributed by atoms with van der Waals surface area (Å²) in [6.07, 6.45) is 0.288. The third-order valence-electron chi connectivity index (χ3n) is 1.51. The number of aromatic amines is 1. The number of nitrogens with one attached hydrogen (secondary N) is 1. The van der Waals surface area contributed by atoms with Crippen LogP contribution >= 0.6 is 0 Å². The number of rotatable bonds is 3. The maximum absolute atomic E-state index is 10.9. The molecule has 0 aliphatic carbocycles. The molecule has 0 unspecified atom stereocenters. The first-order valence-electron chi connectivity index (χ1n) is 3.86. The largest absolute Gasteiger partial charge is 0.481 e. The van der Waals surface area contributed by atoms with E-state index in [2.05, 4.69) is 9.97 Å². The van der Waals surface area contributed by atoms with Gasteiger partial charge in [-0.1, -0.05) is 0 Å². The molecule has 0 amide bonds. The Kier molecular flexibility index (Phi) is 2.79. The van der Waals surface area contributed by atoms with Gasteiger partial charge in [0.1, 0.15) is 5.82 Å². The normalized spacial score (nSPS) is 9.92. The van der Waals surface area contributed by atoms with E-state index in [1.54, 1.807) is 6.92 Å². The van der Waals surface area contributed by atoms with Crippen LogP contribution in [0.15, 0.2) is 10.9 Å². The highest BCUT2D eigenvalue weighted by molar-refractivity contribution is 5.66. The zero-order valence-corrected chi connectivity index (χ0v) is 7.20. The van der Waals surface area contributed by atoms with Gasteiger partial charge in [-0.25, -0.2) is 4.98 Å². The molecule has 1 aromatic rings. The molecule has 0 atom stereocenters. The molecule has 1 heterocycles. The highest BCUT2D eigenvalue weighted by Gasteiger charge is 2.01. The van der Waals surface area contributed by atoms with Crippen molar-refractivity contribution < 1.29 is 9.90 Å². The van der Waals surface area contributed by atoms with Crippen molar-refractivity contribution in [3.63, 3.8) is 0 Å². The minimum atomic E-state index is -0.889. The first-order chi connectivity index (χ1) is 6.08. The lowest BCUT2D eigenvalue weighted by Crippen LogP contribution is -2.11. The Morgan fingerprint density at radius 1 is 1.69 bits per heavy atom. The van der Waals surface area contributed by atoms with Gasteiger partial charge in [-0.05, 0) is 6.92 Å². The molecule has 5 nitrogen and oxygen atoms in total. The van der Waals surface area contributed by atoms with Crippen molar-refractivity contribution in [3.05, 3.63) is 27.9 Å². The Morgan fingerprint density at radius 3 is 2.92 bits per heavy atom. The molecule has 13 heavy (non-hydrogen) atoms. The predicted octanol–water partition coefficient (Wildman–Crippen LogP) is 0.0955. The van der Waals surface area contributed by atoms with Crippen LogP contribution in [-0.2, 0) is 11.2 Å². The number of aryl methyl sites for hydroxylation is 2. The Labute approximate surface area is 74.4 Å². The number of carboxylic acids is 1. The van der Waals surface area contributed by atoms with Gasteiger partial charge in [0.25, 0.3) is 5.56 Å². The Balaban J connectivity index is 2.77. The third kappa shape index (κ3) is 3.06. The highest BCUT2D eigenvalue weighted by atomic mass is 16.4. The van der Waals surface area contributed by atoms with Crippen LogP contribution in [0.1, 0.15) is 17.9 Å². The molecule has 2 N–H and O–H groups in total. The number of aliphatic carboxylic acids is 1. The van der Waals surface area contributed by atoms with Gasteiger partial charge < -0.3 is 10.1 Å². The van der Waals surface area contributed by atoms with Crippen LogP contribution < -0.4 is 5.56 Å². The molecule has 0 aromatic carbocycles. The number of hydrogen-bond acceptors (Lipinski definition) is 3. The van der Waals surface area contributed by atoms with Crippen LogP contribution in [0.25, 0.3) is 0 Å². The fourth-order valence-corrected chi connectivity index (χ4v) is 1.00. The van der Waals surface area contributed by atoms with Crippen molar-refractivity contribution in [3.8, 4) is 0 Å². The second-order valence-corrected chi connectivity index (χ2v) is 2.72. The van der Waals surface area contributed by atoms with Gasteiger partial charge >= 0.3 is 5.97 Å². The highest BCUT2D eigenvalue weighted by Crippen LogP contribution is 1.96. The van der Waals surface area contributed by atoms with E-state index >= 15 is 0 Å². The predicted molar refractivity (Wildman–Crippen MR) is 45.6 cm³/mol. The van der Waals surface area contributed by atoms with E-state index in [9.17, 15) is 9.59 Å². The van der Waals surface area contributed by atoms with E-state index in [4.69, 9.17) is 5.11 Å². The van der Waals surface area contributed by atoms with Crippen molar-refractivity contribution in [2.45, 2.75) is 19.8 Å². The summed E-state index contributed by atoms with van der Waals surface area (Å²) in [4.78, 5) is 27.6. The summed E-state index contributed by atoms with van der Waals surface area (Å²) >= 11 is 0. The summed E-state index contributed by atoms with van der Waals surface area (Å²) in [7, 11) is 0. The smallest absolute Gasteiger partial charge is 0.303 e. The van der Waals surface area contributed by atoms with E-state index in [0.29, 0.717) is 17.9 Å². The maximum Gasteiger partial charge on any atom is 0.303 e. The maximum atomic E-state index is 10.9. The van der Waals surface area contributed by atoms with Crippen LogP contribution in [0, 0.1) is 6.92 Å². The Hall–Kier alpha value is -1.65. The number of H-pyrrole nitrogens is 1. The van der Waals surface area contributed by atoms with Gasteiger partial charge in [-0.3, -0.25) is 9.59 Å². The Morgan fingerprint density at radius 2 is 2.38 bits per heavy atom. The van der Waals surface area contributed by atoms with E-state index in [-0.39, 0.29) is 12.0 Å². The van der Waals surface area contributed by atoms with Gasteiger partial charge in [-0.2, -0.15) is 0 Å². The van der Waals surface area contributed by atoms with Crippen molar-refractivity contribution in [2.24, 2.45) is 0 Å². The minimum absolute atomic E-state index is 0.00407. The molecule has 0 aliphatic rings. The SMILES string of the molecule is Cc1nc(CCC(=O)O)cc(=O)[nH]1. The first kappa shape index (κ1) is 9.44. The van der Waals surface area contributed by atoms with Crippen LogP contribution in [0.2, 0.25) is 0 Å². The second-order valence-electron chi connectivity index (χ2n) is 2.72. The molecule has 1 rings (SSSR count). The van der Waals surface area contributed by atoms with Gasteiger partial charge in [-0.15, -0.1) is 0 Å². The summed E-state index contributed by atoms with van der Waals surface area (Å²) in [6, 6.07) is 1.32. The molecule has 0 saturated heterocycles. The number of carbonyl (C=O) groups is 1. The van der Waals surface area contributed by atoms with Crippen molar-refractivity contribution in [1.29, 1.82) is 0 Å². The van der Waals surface area contributed by atoms with Crippen molar-refractivity contribution in [1.82, 2.24) is 9.97 Å². The van der Waals surface area contributed by atoms with E-state index in [1.165, 1.54) is 6.07 Å². The van der Waals surface area contributed by atoms with Gasteiger partial charge in [0.15, 0.2) is 0 Å². The lowest BCUT2D eigenvalue weighted by molar-refractivity contribution is -0.136. The number of carboxylic acid groups (broad SMARTS) is 1.